The van der Waals surface area contributed by atoms with Crippen molar-refractivity contribution in [1.29, 1.82) is 0 Å². The zero-order chi connectivity index (χ0) is 14.8. The molecule has 3 N–H and O–H groups in total. The summed E-state index contributed by atoms with van der Waals surface area (Å²) in [5.41, 5.74) is 5.16. The fourth-order valence-corrected chi connectivity index (χ4v) is 3.73. The smallest absolute Gasteiger partial charge is 0.236 e. The van der Waals surface area contributed by atoms with E-state index in [1.165, 1.54) is 6.42 Å². The number of oxime groups is 1. The number of nitrogens with two attached hydrogens (primary N) is 1. The van der Waals surface area contributed by atoms with Crippen LogP contribution in [0.3, 0.4) is 0 Å². The number of hydrogen-bond donors (Lipinski definition) is 2. The van der Waals surface area contributed by atoms with Crippen LogP contribution < -0.4 is 5.73 Å². The van der Waals surface area contributed by atoms with E-state index in [-0.39, 0.29) is 17.8 Å². The molecule has 0 spiro atoms. The van der Waals surface area contributed by atoms with Crippen molar-refractivity contribution < 1.29 is 10.0 Å². The minimum atomic E-state index is -0.766. The molecule has 1 aliphatic carbocycles. The predicted molar refractivity (Wildman–Crippen MR) is 78.5 cm³/mol. The molecule has 1 amide bonds. The number of hydrogen-bond acceptors (Lipinski definition) is 3. The van der Waals surface area contributed by atoms with E-state index in [4.69, 9.17) is 10.9 Å². The number of piperidine rings is 1. The van der Waals surface area contributed by atoms with Gasteiger partial charge in [0.15, 0.2) is 5.84 Å². The first kappa shape index (κ1) is 15.1. The predicted octanol–water partition coefficient (Wildman–Crippen LogP) is 2.33. The molecule has 5 nitrogen and oxygen atoms in total. The molecule has 0 radical (unpaired) electrons. The van der Waals surface area contributed by atoms with E-state index in [1.54, 1.807) is 0 Å². The summed E-state index contributed by atoms with van der Waals surface area (Å²) in [7, 11) is 0. The van der Waals surface area contributed by atoms with Gasteiger partial charge in [-0.25, -0.2) is 0 Å². The van der Waals surface area contributed by atoms with Crippen LogP contribution >= 0.6 is 0 Å². The number of likely N-dealkylation sites (tertiary alicyclic amines) is 1. The van der Waals surface area contributed by atoms with Gasteiger partial charge in [-0.1, -0.05) is 31.3 Å². The van der Waals surface area contributed by atoms with Crippen LogP contribution in [0.25, 0.3) is 0 Å². The van der Waals surface area contributed by atoms with Crippen molar-refractivity contribution in [2.75, 3.05) is 6.54 Å². The van der Waals surface area contributed by atoms with Crippen molar-refractivity contribution in [3.05, 3.63) is 0 Å². The standard InChI is InChI=1S/C15H27N3O2/c1-11-7-6-10-18(12(11)2)14(19)15(13(16)17-20)8-4-3-5-9-15/h11-12,20H,3-10H2,1-2H3,(H2,16,17). The first-order valence-corrected chi connectivity index (χ1v) is 7.82. The van der Waals surface area contributed by atoms with Crippen molar-refractivity contribution in [1.82, 2.24) is 4.90 Å². The van der Waals surface area contributed by atoms with E-state index in [0.29, 0.717) is 18.8 Å². The molecule has 0 aromatic heterocycles. The normalized spacial score (nSPS) is 31.1. The SMILES string of the molecule is CC1CCCN(C(=O)C2(C(N)=NO)CCCCC2)C1C. The Hall–Kier alpha value is -1.26. The average molecular weight is 281 g/mol. The highest BCUT2D eigenvalue weighted by Crippen LogP contribution is 2.40. The topological polar surface area (TPSA) is 78.9 Å². The largest absolute Gasteiger partial charge is 0.409 e. The summed E-state index contributed by atoms with van der Waals surface area (Å²) in [5.74, 6) is 0.694. The lowest BCUT2D eigenvalue weighted by atomic mass is 9.71. The number of amidine groups is 1. The number of rotatable bonds is 2. The maximum absolute atomic E-state index is 13.1. The molecule has 2 atom stereocenters. The Balaban J connectivity index is 2.26. The minimum absolute atomic E-state index is 0.0755. The second-order valence-electron chi connectivity index (χ2n) is 6.49. The molecular formula is C15H27N3O2. The summed E-state index contributed by atoms with van der Waals surface area (Å²) in [6.45, 7) is 5.11. The quantitative estimate of drug-likeness (QED) is 0.353. The Kier molecular flexibility index (Phi) is 4.55. The van der Waals surface area contributed by atoms with Crippen LogP contribution in [0.2, 0.25) is 0 Å². The van der Waals surface area contributed by atoms with Gasteiger partial charge in [-0.3, -0.25) is 4.79 Å². The van der Waals surface area contributed by atoms with Crippen LogP contribution in [-0.2, 0) is 4.79 Å². The van der Waals surface area contributed by atoms with Crippen LogP contribution in [0.4, 0.5) is 0 Å². The molecule has 1 heterocycles. The van der Waals surface area contributed by atoms with Crippen molar-refractivity contribution in [3.63, 3.8) is 0 Å². The fourth-order valence-electron chi connectivity index (χ4n) is 3.73. The third-order valence-electron chi connectivity index (χ3n) is 5.35. The van der Waals surface area contributed by atoms with Gasteiger partial charge in [-0.2, -0.15) is 0 Å². The highest BCUT2D eigenvalue weighted by atomic mass is 16.4. The summed E-state index contributed by atoms with van der Waals surface area (Å²) in [5, 5.41) is 12.3. The van der Waals surface area contributed by atoms with Crippen LogP contribution in [0.15, 0.2) is 5.16 Å². The molecule has 2 rings (SSSR count). The van der Waals surface area contributed by atoms with Gasteiger partial charge in [0.1, 0.15) is 5.41 Å². The maximum Gasteiger partial charge on any atom is 0.236 e. The molecule has 1 aliphatic heterocycles. The van der Waals surface area contributed by atoms with Crippen molar-refractivity contribution in [2.45, 2.75) is 64.8 Å². The van der Waals surface area contributed by atoms with Gasteiger partial charge in [0.2, 0.25) is 5.91 Å². The van der Waals surface area contributed by atoms with Crippen LogP contribution in [-0.4, -0.2) is 34.4 Å². The Bertz CT molecular complexity index is 389. The van der Waals surface area contributed by atoms with Crippen molar-refractivity contribution in [2.24, 2.45) is 22.2 Å². The third kappa shape index (κ3) is 2.50. The van der Waals surface area contributed by atoms with E-state index in [1.807, 2.05) is 4.90 Å². The number of nitrogens with zero attached hydrogens (tertiary/aromatic N) is 2. The molecule has 0 aromatic carbocycles. The number of carbonyl (C=O) groups excluding carboxylic acids is 1. The highest BCUT2D eigenvalue weighted by molar-refractivity contribution is 6.06. The molecule has 114 valence electrons. The zero-order valence-corrected chi connectivity index (χ0v) is 12.6. The summed E-state index contributed by atoms with van der Waals surface area (Å²) in [4.78, 5) is 15.1. The van der Waals surface area contributed by atoms with E-state index < -0.39 is 5.41 Å². The van der Waals surface area contributed by atoms with Crippen molar-refractivity contribution in [3.8, 4) is 0 Å². The molecule has 0 bridgehead atoms. The summed E-state index contributed by atoms with van der Waals surface area (Å²) < 4.78 is 0. The Labute approximate surface area is 121 Å². The molecule has 2 unspecified atom stereocenters. The summed E-state index contributed by atoms with van der Waals surface area (Å²) in [6, 6.07) is 0.238. The Morgan fingerprint density at radius 3 is 2.50 bits per heavy atom. The second kappa shape index (κ2) is 6.02. The average Bonchev–Trinajstić information content (AvgIpc) is 2.49. The van der Waals surface area contributed by atoms with Crippen LogP contribution in [0.5, 0.6) is 0 Å². The molecule has 1 saturated carbocycles. The van der Waals surface area contributed by atoms with Crippen LogP contribution in [0, 0.1) is 11.3 Å². The number of amides is 1. The van der Waals surface area contributed by atoms with E-state index in [0.717, 1.165) is 32.2 Å². The first-order chi connectivity index (χ1) is 9.53. The zero-order valence-electron chi connectivity index (χ0n) is 12.6. The maximum atomic E-state index is 13.1. The lowest BCUT2D eigenvalue weighted by Crippen LogP contribution is -2.57. The second-order valence-corrected chi connectivity index (χ2v) is 6.49. The molecule has 2 fully saturated rings. The van der Waals surface area contributed by atoms with Gasteiger partial charge in [0.05, 0.1) is 0 Å². The van der Waals surface area contributed by atoms with Crippen LogP contribution in [0.1, 0.15) is 58.8 Å². The summed E-state index contributed by atoms with van der Waals surface area (Å²) in [6.07, 6.45) is 6.70. The van der Waals surface area contributed by atoms with Gasteiger partial charge < -0.3 is 15.8 Å². The third-order valence-corrected chi connectivity index (χ3v) is 5.35. The van der Waals surface area contributed by atoms with Crippen molar-refractivity contribution >= 4 is 11.7 Å². The van der Waals surface area contributed by atoms with Gasteiger partial charge in [0.25, 0.3) is 0 Å². The van der Waals surface area contributed by atoms with Gasteiger partial charge >= 0.3 is 0 Å². The summed E-state index contributed by atoms with van der Waals surface area (Å²) >= 11 is 0. The molecule has 2 aliphatic rings. The lowest BCUT2D eigenvalue weighted by Gasteiger charge is -2.44. The molecule has 1 saturated heterocycles. The Morgan fingerprint density at radius 1 is 1.25 bits per heavy atom. The lowest BCUT2D eigenvalue weighted by molar-refractivity contribution is -0.144. The monoisotopic (exact) mass is 281 g/mol. The number of carbonyl (C=O) groups is 1. The minimum Gasteiger partial charge on any atom is -0.409 e. The van der Waals surface area contributed by atoms with E-state index in [2.05, 4.69) is 19.0 Å². The Morgan fingerprint density at radius 2 is 1.90 bits per heavy atom. The van der Waals surface area contributed by atoms with E-state index >= 15 is 0 Å². The van der Waals surface area contributed by atoms with E-state index in [9.17, 15) is 4.79 Å². The fraction of sp³-hybridized carbons (Fsp3) is 0.867. The molecule has 5 heteroatoms. The molecule has 0 aromatic rings. The van der Waals surface area contributed by atoms with Gasteiger partial charge in [-0.05, 0) is 38.5 Å². The first-order valence-electron chi connectivity index (χ1n) is 7.82. The highest BCUT2D eigenvalue weighted by Gasteiger charge is 2.47. The van der Waals surface area contributed by atoms with Gasteiger partial charge in [0, 0.05) is 12.6 Å². The van der Waals surface area contributed by atoms with Gasteiger partial charge in [-0.15, -0.1) is 0 Å². The molecular weight excluding hydrogens is 254 g/mol. The molecule has 20 heavy (non-hydrogen) atoms.